The predicted octanol–water partition coefficient (Wildman–Crippen LogP) is 1.81. The maximum absolute atomic E-state index is 12.7. The molecule has 0 spiro atoms. The van der Waals surface area contributed by atoms with Gasteiger partial charge in [-0.3, -0.25) is 4.79 Å². The van der Waals surface area contributed by atoms with E-state index in [-0.39, 0.29) is 17.2 Å². The molecular formula is C15H23N5O. The smallest absolute Gasteiger partial charge is 0.257 e. The predicted molar refractivity (Wildman–Crippen MR) is 83.0 cm³/mol. The fourth-order valence-corrected chi connectivity index (χ4v) is 2.56. The third-order valence-electron chi connectivity index (χ3n) is 3.44. The Morgan fingerprint density at radius 3 is 2.48 bits per heavy atom. The van der Waals surface area contributed by atoms with Gasteiger partial charge in [-0.2, -0.15) is 10.1 Å². The Balaban J connectivity index is 2.45. The lowest BCUT2D eigenvalue weighted by atomic mass is 9.81. The standard InChI is InChI=1S/C15H23N5O/c1-9-8-12(18-10(2)17-9)20-14(21)11(6-7-16)13(19-20)15(3,4)5/h8,11H,6-7,16H2,1-5H3. The van der Waals surface area contributed by atoms with Crippen LogP contribution in [-0.4, -0.2) is 28.1 Å². The van der Waals surface area contributed by atoms with E-state index < -0.39 is 0 Å². The first-order valence-electron chi connectivity index (χ1n) is 7.19. The van der Waals surface area contributed by atoms with E-state index in [0.717, 1.165) is 11.4 Å². The summed E-state index contributed by atoms with van der Waals surface area (Å²) in [4.78, 5) is 21.2. The summed E-state index contributed by atoms with van der Waals surface area (Å²) >= 11 is 0. The van der Waals surface area contributed by atoms with E-state index in [1.54, 1.807) is 6.07 Å². The summed E-state index contributed by atoms with van der Waals surface area (Å²) in [5.74, 6) is 0.854. The lowest BCUT2D eigenvalue weighted by Crippen LogP contribution is -2.33. The number of amides is 1. The van der Waals surface area contributed by atoms with Gasteiger partial charge in [0, 0.05) is 17.2 Å². The minimum absolute atomic E-state index is 0.0529. The van der Waals surface area contributed by atoms with E-state index in [1.165, 1.54) is 5.01 Å². The molecule has 1 aliphatic heterocycles. The van der Waals surface area contributed by atoms with Gasteiger partial charge in [0.1, 0.15) is 5.82 Å². The monoisotopic (exact) mass is 289 g/mol. The van der Waals surface area contributed by atoms with Gasteiger partial charge in [-0.05, 0) is 26.8 Å². The van der Waals surface area contributed by atoms with Crippen molar-refractivity contribution in [2.24, 2.45) is 22.2 Å². The number of hydrogen-bond acceptors (Lipinski definition) is 5. The number of anilines is 1. The minimum Gasteiger partial charge on any atom is -0.330 e. The van der Waals surface area contributed by atoms with E-state index in [9.17, 15) is 4.79 Å². The highest BCUT2D eigenvalue weighted by Crippen LogP contribution is 2.32. The Hall–Kier alpha value is -1.82. The number of aryl methyl sites for hydroxylation is 2. The molecular weight excluding hydrogens is 266 g/mol. The van der Waals surface area contributed by atoms with Gasteiger partial charge >= 0.3 is 0 Å². The van der Waals surface area contributed by atoms with Crippen molar-refractivity contribution in [2.75, 3.05) is 11.6 Å². The van der Waals surface area contributed by atoms with Gasteiger partial charge in [0.25, 0.3) is 5.91 Å². The second-order valence-corrected chi connectivity index (χ2v) is 6.43. The average molecular weight is 289 g/mol. The zero-order valence-electron chi connectivity index (χ0n) is 13.3. The number of rotatable bonds is 3. The summed E-state index contributed by atoms with van der Waals surface area (Å²) in [7, 11) is 0. The quantitative estimate of drug-likeness (QED) is 0.919. The molecule has 1 aromatic rings. The first kappa shape index (κ1) is 15.6. The van der Waals surface area contributed by atoms with Crippen molar-refractivity contribution in [2.45, 2.75) is 41.0 Å². The second kappa shape index (κ2) is 5.52. The lowest BCUT2D eigenvalue weighted by molar-refractivity contribution is -0.120. The molecule has 1 atom stereocenters. The molecule has 0 aromatic carbocycles. The Morgan fingerprint density at radius 2 is 1.95 bits per heavy atom. The zero-order valence-corrected chi connectivity index (χ0v) is 13.3. The van der Waals surface area contributed by atoms with Crippen LogP contribution < -0.4 is 10.7 Å². The van der Waals surface area contributed by atoms with Gasteiger partial charge in [-0.25, -0.2) is 9.97 Å². The summed E-state index contributed by atoms with van der Waals surface area (Å²) in [5, 5.41) is 5.95. The van der Waals surface area contributed by atoms with Gasteiger partial charge in [0.2, 0.25) is 0 Å². The molecule has 6 heteroatoms. The van der Waals surface area contributed by atoms with Crippen LogP contribution >= 0.6 is 0 Å². The number of nitrogens with two attached hydrogens (primary N) is 1. The van der Waals surface area contributed by atoms with Crippen molar-refractivity contribution in [1.29, 1.82) is 0 Å². The van der Waals surface area contributed by atoms with Gasteiger partial charge in [0.15, 0.2) is 5.82 Å². The Bertz CT molecular complexity index is 568. The maximum Gasteiger partial charge on any atom is 0.257 e. The van der Waals surface area contributed by atoms with Crippen LogP contribution in [0.15, 0.2) is 11.2 Å². The fourth-order valence-electron chi connectivity index (χ4n) is 2.56. The number of nitrogens with zero attached hydrogens (tertiary/aromatic N) is 4. The largest absolute Gasteiger partial charge is 0.330 e. The Morgan fingerprint density at radius 1 is 1.29 bits per heavy atom. The van der Waals surface area contributed by atoms with Crippen molar-refractivity contribution in [3.63, 3.8) is 0 Å². The molecule has 2 heterocycles. The number of hydrazone groups is 1. The molecule has 0 saturated carbocycles. The van der Waals surface area contributed by atoms with Gasteiger partial charge < -0.3 is 5.73 Å². The summed E-state index contributed by atoms with van der Waals surface area (Å²) < 4.78 is 0. The molecule has 1 aromatic heterocycles. The number of hydrogen-bond donors (Lipinski definition) is 1. The number of aromatic nitrogens is 2. The van der Waals surface area contributed by atoms with Crippen LogP contribution in [0.3, 0.4) is 0 Å². The van der Waals surface area contributed by atoms with Crippen molar-refractivity contribution < 1.29 is 4.79 Å². The molecule has 1 aliphatic rings. The first-order chi connectivity index (χ1) is 9.74. The van der Waals surface area contributed by atoms with E-state index in [2.05, 4.69) is 35.8 Å². The Kier molecular flexibility index (Phi) is 4.09. The molecule has 0 radical (unpaired) electrons. The number of carbonyl (C=O) groups excluding carboxylic acids is 1. The highest BCUT2D eigenvalue weighted by atomic mass is 16.2. The third kappa shape index (κ3) is 3.10. The molecule has 114 valence electrons. The summed E-state index contributed by atoms with van der Waals surface area (Å²) in [6.07, 6.45) is 0.606. The molecule has 0 bridgehead atoms. The molecule has 2 rings (SSSR count). The third-order valence-corrected chi connectivity index (χ3v) is 3.44. The second-order valence-electron chi connectivity index (χ2n) is 6.43. The van der Waals surface area contributed by atoms with Crippen molar-refractivity contribution >= 4 is 17.4 Å². The van der Waals surface area contributed by atoms with Crippen LogP contribution in [0.1, 0.15) is 38.7 Å². The van der Waals surface area contributed by atoms with Crippen LogP contribution in [0, 0.1) is 25.2 Å². The Labute approximate surface area is 125 Å². The topological polar surface area (TPSA) is 84.5 Å². The van der Waals surface area contributed by atoms with Crippen LogP contribution in [0.25, 0.3) is 0 Å². The van der Waals surface area contributed by atoms with E-state index in [1.807, 2.05) is 13.8 Å². The summed E-state index contributed by atoms with van der Waals surface area (Å²) in [6, 6.07) is 1.78. The van der Waals surface area contributed by atoms with Crippen LogP contribution in [0.5, 0.6) is 0 Å². The molecule has 2 N–H and O–H groups in total. The van der Waals surface area contributed by atoms with Gasteiger partial charge in [-0.15, -0.1) is 0 Å². The van der Waals surface area contributed by atoms with Crippen LogP contribution in [0.2, 0.25) is 0 Å². The lowest BCUT2D eigenvalue weighted by Gasteiger charge is -2.21. The molecule has 0 saturated heterocycles. The van der Waals surface area contributed by atoms with E-state index >= 15 is 0 Å². The van der Waals surface area contributed by atoms with Crippen molar-refractivity contribution in [3.8, 4) is 0 Å². The van der Waals surface area contributed by atoms with E-state index in [0.29, 0.717) is 24.6 Å². The summed E-state index contributed by atoms with van der Waals surface area (Å²) in [5.41, 5.74) is 7.16. The number of carbonyl (C=O) groups is 1. The fraction of sp³-hybridized carbons (Fsp3) is 0.600. The zero-order chi connectivity index (χ0) is 15.8. The maximum atomic E-state index is 12.7. The average Bonchev–Trinajstić information content (AvgIpc) is 2.66. The van der Waals surface area contributed by atoms with Crippen molar-refractivity contribution in [1.82, 2.24) is 9.97 Å². The highest BCUT2D eigenvalue weighted by molar-refractivity contribution is 6.16. The molecule has 1 amide bonds. The highest BCUT2D eigenvalue weighted by Gasteiger charge is 2.41. The molecule has 6 nitrogen and oxygen atoms in total. The molecule has 0 fully saturated rings. The van der Waals surface area contributed by atoms with Crippen LogP contribution in [-0.2, 0) is 4.79 Å². The molecule has 21 heavy (non-hydrogen) atoms. The van der Waals surface area contributed by atoms with Gasteiger partial charge in [0.05, 0.1) is 11.6 Å². The summed E-state index contributed by atoms with van der Waals surface area (Å²) in [6.45, 7) is 10.3. The van der Waals surface area contributed by atoms with Gasteiger partial charge in [-0.1, -0.05) is 20.8 Å². The SMILES string of the molecule is Cc1cc(N2N=C(C(C)(C)C)C(CCN)C2=O)nc(C)n1. The van der Waals surface area contributed by atoms with Crippen LogP contribution in [0.4, 0.5) is 5.82 Å². The molecule has 1 unspecified atom stereocenters. The van der Waals surface area contributed by atoms with E-state index in [4.69, 9.17) is 5.73 Å². The normalized spacial score (nSPS) is 19.1. The molecule has 0 aliphatic carbocycles. The first-order valence-corrected chi connectivity index (χ1v) is 7.19. The van der Waals surface area contributed by atoms with Crippen molar-refractivity contribution in [3.05, 3.63) is 17.6 Å². The minimum atomic E-state index is -0.259.